The normalized spacial score (nSPS) is 10.6. The van der Waals surface area contributed by atoms with Crippen molar-refractivity contribution in [1.82, 2.24) is 20.0 Å². The fourth-order valence-electron chi connectivity index (χ4n) is 2.27. The van der Waals surface area contributed by atoms with E-state index in [-0.39, 0.29) is 0 Å². The molecule has 1 aromatic heterocycles. The van der Waals surface area contributed by atoms with Crippen molar-refractivity contribution >= 4 is 28.9 Å². The Morgan fingerprint density at radius 1 is 1.32 bits per heavy atom. The summed E-state index contributed by atoms with van der Waals surface area (Å²) in [6, 6.07) is 7.75. The minimum Gasteiger partial charge on any atom is -0.358 e. The Balaban J connectivity index is 1.93. The average Bonchev–Trinajstić information content (AvgIpc) is 2.72. The SMILES string of the molecule is Cc1nn(C)c(C)c1CN(C)C(=S)NCc1ccc(Cl)cc1. The highest BCUT2D eigenvalue weighted by molar-refractivity contribution is 7.80. The van der Waals surface area contributed by atoms with Crippen LogP contribution >= 0.6 is 23.8 Å². The van der Waals surface area contributed by atoms with E-state index < -0.39 is 0 Å². The molecule has 2 rings (SSSR count). The highest BCUT2D eigenvalue weighted by atomic mass is 35.5. The van der Waals surface area contributed by atoms with Gasteiger partial charge in [0.2, 0.25) is 0 Å². The van der Waals surface area contributed by atoms with Gasteiger partial charge in [-0.1, -0.05) is 23.7 Å². The van der Waals surface area contributed by atoms with E-state index >= 15 is 0 Å². The minimum atomic E-state index is 0.686. The van der Waals surface area contributed by atoms with Crippen molar-refractivity contribution in [3.8, 4) is 0 Å². The van der Waals surface area contributed by atoms with Gasteiger partial charge in [0.1, 0.15) is 0 Å². The Morgan fingerprint density at radius 2 is 1.95 bits per heavy atom. The van der Waals surface area contributed by atoms with Crippen LogP contribution in [0.5, 0.6) is 0 Å². The van der Waals surface area contributed by atoms with Crippen molar-refractivity contribution in [2.75, 3.05) is 7.05 Å². The summed E-state index contributed by atoms with van der Waals surface area (Å²) in [5, 5.41) is 9.17. The molecule has 6 heteroatoms. The van der Waals surface area contributed by atoms with Crippen LogP contribution in [-0.2, 0) is 20.1 Å². The van der Waals surface area contributed by atoms with Gasteiger partial charge in [-0.2, -0.15) is 5.10 Å². The molecule has 0 aliphatic rings. The Bertz CT molecular complexity index is 664. The van der Waals surface area contributed by atoms with Gasteiger partial charge in [0.15, 0.2) is 5.11 Å². The fraction of sp³-hybridized carbons (Fsp3) is 0.375. The molecule has 0 bridgehead atoms. The average molecular weight is 337 g/mol. The summed E-state index contributed by atoms with van der Waals surface area (Å²) in [4.78, 5) is 2.03. The lowest BCUT2D eigenvalue weighted by Crippen LogP contribution is -2.36. The van der Waals surface area contributed by atoms with Gasteiger partial charge in [-0.25, -0.2) is 0 Å². The molecule has 1 N–H and O–H groups in total. The van der Waals surface area contributed by atoms with Gasteiger partial charge in [0.25, 0.3) is 0 Å². The molecule has 0 fully saturated rings. The molecule has 0 spiro atoms. The van der Waals surface area contributed by atoms with E-state index in [1.165, 1.54) is 11.3 Å². The zero-order valence-corrected chi connectivity index (χ0v) is 14.9. The topological polar surface area (TPSA) is 33.1 Å². The first-order valence-electron chi connectivity index (χ1n) is 7.11. The number of rotatable bonds is 4. The minimum absolute atomic E-state index is 0.686. The van der Waals surface area contributed by atoms with Gasteiger partial charge in [-0.15, -0.1) is 0 Å². The predicted octanol–water partition coefficient (Wildman–Crippen LogP) is 3.20. The molecule has 1 heterocycles. The molecule has 0 unspecified atom stereocenters. The second-order valence-electron chi connectivity index (χ2n) is 5.41. The van der Waals surface area contributed by atoms with E-state index in [9.17, 15) is 0 Å². The van der Waals surface area contributed by atoms with Crippen molar-refractivity contribution in [2.45, 2.75) is 26.9 Å². The van der Waals surface area contributed by atoms with Gasteiger partial charge < -0.3 is 10.2 Å². The molecule has 0 amide bonds. The Kier molecular flexibility index (Phi) is 5.42. The third kappa shape index (κ3) is 3.99. The van der Waals surface area contributed by atoms with E-state index in [1.54, 1.807) is 0 Å². The van der Waals surface area contributed by atoms with Crippen LogP contribution in [0.25, 0.3) is 0 Å². The van der Waals surface area contributed by atoms with Crippen LogP contribution in [0.3, 0.4) is 0 Å². The molecule has 0 aliphatic carbocycles. The van der Waals surface area contributed by atoms with E-state index in [0.29, 0.717) is 6.54 Å². The molecular weight excluding hydrogens is 316 g/mol. The van der Waals surface area contributed by atoms with Gasteiger partial charge in [0, 0.05) is 43.5 Å². The monoisotopic (exact) mass is 336 g/mol. The summed E-state index contributed by atoms with van der Waals surface area (Å²) in [6.07, 6.45) is 0. The molecule has 118 valence electrons. The molecule has 0 atom stereocenters. The number of aromatic nitrogens is 2. The summed E-state index contributed by atoms with van der Waals surface area (Å²) >= 11 is 11.3. The van der Waals surface area contributed by atoms with E-state index in [1.807, 2.05) is 54.9 Å². The number of hydrogen-bond acceptors (Lipinski definition) is 2. The van der Waals surface area contributed by atoms with Gasteiger partial charge >= 0.3 is 0 Å². The number of aryl methyl sites for hydroxylation is 2. The summed E-state index contributed by atoms with van der Waals surface area (Å²) in [6.45, 7) is 5.54. The highest BCUT2D eigenvalue weighted by Gasteiger charge is 2.13. The Morgan fingerprint density at radius 3 is 2.50 bits per heavy atom. The first-order valence-corrected chi connectivity index (χ1v) is 7.89. The molecule has 0 saturated carbocycles. The highest BCUT2D eigenvalue weighted by Crippen LogP contribution is 2.14. The number of hydrogen-bond donors (Lipinski definition) is 1. The van der Waals surface area contributed by atoms with Crippen LogP contribution < -0.4 is 5.32 Å². The number of benzene rings is 1. The largest absolute Gasteiger partial charge is 0.358 e. The molecule has 0 aliphatic heterocycles. The first kappa shape index (κ1) is 16.8. The van der Waals surface area contributed by atoms with Gasteiger partial charge in [-0.3, -0.25) is 4.68 Å². The first-order chi connectivity index (χ1) is 10.4. The van der Waals surface area contributed by atoms with Crippen LogP contribution in [-0.4, -0.2) is 26.8 Å². The van der Waals surface area contributed by atoms with Crippen LogP contribution in [0.1, 0.15) is 22.5 Å². The summed E-state index contributed by atoms with van der Waals surface area (Å²) in [7, 11) is 3.95. The van der Waals surface area contributed by atoms with E-state index in [4.69, 9.17) is 23.8 Å². The zero-order chi connectivity index (χ0) is 16.3. The Hall–Kier alpha value is -1.59. The third-order valence-corrected chi connectivity index (χ3v) is 4.47. The van der Waals surface area contributed by atoms with Crippen LogP contribution in [0.4, 0.5) is 0 Å². The quantitative estimate of drug-likeness (QED) is 0.869. The molecule has 0 radical (unpaired) electrons. The van der Waals surface area contributed by atoms with E-state index in [0.717, 1.165) is 27.9 Å². The van der Waals surface area contributed by atoms with Crippen molar-refractivity contribution < 1.29 is 0 Å². The summed E-state index contributed by atoms with van der Waals surface area (Å²) in [5.41, 5.74) is 4.59. The maximum atomic E-state index is 5.88. The molecule has 1 aromatic carbocycles. The third-order valence-electron chi connectivity index (χ3n) is 3.76. The lowest BCUT2D eigenvalue weighted by Gasteiger charge is -2.21. The molecule has 2 aromatic rings. The van der Waals surface area contributed by atoms with Crippen molar-refractivity contribution in [1.29, 1.82) is 0 Å². The number of nitrogens with one attached hydrogen (secondary N) is 1. The van der Waals surface area contributed by atoms with Gasteiger partial charge in [0.05, 0.1) is 5.69 Å². The lowest BCUT2D eigenvalue weighted by atomic mass is 10.2. The molecular formula is C16H21ClN4S. The smallest absolute Gasteiger partial charge is 0.169 e. The summed E-state index contributed by atoms with van der Waals surface area (Å²) < 4.78 is 1.91. The Labute approximate surface area is 142 Å². The van der Waals surface area contributed by atoms with Crippen LogP contribution in [0.15, 0.2) is 24.3 Å². The fourth-order valence-corrected chi connectivity index (χ4v) is 2.53. The van der Waals surface area contributed by atoms with Crippen LogP contribution in [0.2, 0.25) is 5.02 Å². The number of halogens is 1. The van der Waals surface area contributed by atoms with Crippen molar-refractivity contribution in [3.63, 3.8) is 0 Å². The summed E-state index contributed by atoms with van der Waals surface area (Å²) in [5.74, 6) is 0. The van der Waals surface area contributed by atoms with Gasteiger partial charge in [-0.05, 0) is 43.8 Å². The maximum Gasteiger partial charge on any atom is 0.169 e. The second kappa shape index (κ2) is 7.11. The van der Waals surface area contributed by atoms with E-state index in [2.05, 4.69) is 17.3 Å². The zero-order valence-electron chi connectivity index (χ0n) is 13.4. The van der Waals surface area contributed by atoms with Crippen molar-refractivity contribution in [2.24, 2.45) is 7.05 Å². The lowest BCUT2D eigenvalue weighted by molar-refractivity contribution is 0.485. The molecule has 4 nitrogen and oxygen atoms in total. The molecule has 22 heavy (non-hydrogen) atoms. The standard InChI is InChI=1S/C16H21ClN4S/c1-11-15(12(2)21(4)19-11)10-20(3)16(22)18-9-13-5-7-14(17)8-6-13/h5-8H,9-10H2,1-4H3,(H,18,22). The number of nitrogens with zero attached hydrogens (tertiary/aromatic N) is 3. The maximum absolute atomic E-state index is 5.88. The molecule has 0 saturated heterocycles. The van der Waals surface area contributed by atoms with Crippen LogP contribution in [0, 0.1) is 13.8 Å². The second-order valence-corrected chi connectivity index (χ2v) is 6.24. The predicted molar refractivity (Wildman–Crippen MR) is 95.0 cm³/mol. The number of thiocarbonyl (C=S) groups is 1. The van der Waals surface area contributed by atoms with Crippen molar-refractivity contribution in [3.05, 3.63) is 51.8 Å².